The molecule has 4 rings (SSSR count). The van der Waals surface area contributed by atoms with Gasteiger partial charge >= 0.3 is 5.97 Å². The minimum atomic E-state index is -0.756. The van der Waals surface area contributed by atoms with Crippen molar-refractivity contribution in [1.29, 1.82) is 0 Å². The van der Waals surface area contributed by atoms with Crippen LogP contribution in [0.25, 0.3) is 0 Å². The van der Waals surface area contributed by atoms with E-state index in [9.17, 15) is 14.0 Å². The zero-order valence-electron chi connectivity index (χ0n) is 14.5. The summed E-state index contributed by atoms with van der Waals surface area (Å²) in [4.78, 5) is 25.8. The first-order valence-corrected chi connectivity index (χ1v) is 8.80. The van der Waals surface area contributed by atoms with Gasteiger partial charge in [-0.1, -0.05) is 30.3 Å². The molecule has 134 valence electrons. The summed E-state index contributed by atoms with van der Waals surface area (Å²) in [5.41, 5.74) is 2.89. The summed E-state index contributed by atoms with van der Waals surface area (Å²) >= 11 is 0. The van der Waals surface area contributed by atoms with Crippen LogP contribution in [-0.2, 0) is 11.2 Å². The van der Waals surface area contributed by atoms with Crippen LogP contribution in [-0.4, -0.2) is 35.0 Å². The maximum Gasteiger partial charge on any atom is 0.307 e. The largest absolute Gasteiger partial charge is 0.481 e. The van der Waals surface area contributed by atoms with Crippen LogP contribution in [0, 0.1) is 30.5 Å². The van der Waals surface area contributed by atoms with Crippen LogP contribution in [0.3, 0.4) is 0 Å². The van der Waals surface area contributed by atoms with Gasteiger partial charge in [0.1, 0.15) is 5.82 Å². The Labute approximate surface area is 151 Å². The van der Waals surface area contributed by atoms with Gasteiger partial charge in [-0.05, 0) is 54.0 Å². The van der Waals surface area contributed by atoms with E-state index in [2.05, 4.69) is 0 Å². The third kappa shape index (κ3) is 2.87. The molecule has 0 spiro atoms. The predicted octanol–water partition coefficient (Wildman–Crippen LogP) is 3.13. The molecule has 1 N–H and O–H groups in total. The number of carbonyl (C=O) groups is 2. The lowest BCUT2D eigenvalue weighted by molar-refractivity contribution is -0.139. The monoisotopic (exact) mass is 353 g/mol. The first kappa shape index (κ1) is 16.8. The number of rotatable bonds is 4. The molecule has 4 nitrogen and oxygen atoms in total. The van der Waals surface area contributed by atoms with Gasteiger partial charge in [0.2, 0.25) is 0 Å². The normalized spacial score (nSPS) is 23.6. The molecule has 26 heavy (non-hydrogen) atoms. The SMILES string of the molecule is Cc1ccc(Cc2ccccc2C(=O)N2C[C@@H]3C(C(=O)O)[C@@H]3C2)cc1F. The number of aliphatic carboxylic acids is 1. The molecule has 2 aromatic rings. The number of nitrogens with zero attached hydrogens (tertiary/aromatic N) is 1. The molecule has 1 heterocycles. The fraction of sp³-hybridized carbons (Fsp3) is 0.333. The molecule has 5 heteroatoms. The quantitative estimate of drug-likeness (QED) is 0.919. The Morgan fingerprint density at radius 3 is 2.50 bits per heavy atom. The summed E-state index contributed by atoms with van der Waals surface area (Å²) < 4.78 is 13.8. The van der Waals surface area contributed by atoms with Crippen molar-refractivity contribution in [2.45, 2.75) is 13.3 Å². The zero-order valence-corrected chi connectivity index (χ0v) is 14.5. The van der Waals surface area contributed by atoms with Gasteiger partial charge in [0.05, 0.1) is 5.92 Å². The van der Waals surface area contributed by atoms with Gasteiger partial charge in [-0.2, -0.15) is 0 Å². The molecule has 1 unspecified atom stereocenters. The summed E-state index contributed by atoms with van der Waals surface area (Å²) in [6.45, 7) is 2.74. The summed E-state index contributed by atoms with van der Waals surface area (Å²) in [5, 5.41) is 9.12. The number of hydrogen-bond donors (Lipinski definition) is 1. The van der Waals surface area contributed by atoms with E-state index >= 15 is 0 Å². The van der Waals surface area contributed by atoms with Gasteiger partial charge in [-0.15, -0.1) is 0 Å². The van der Waals surface area contributed by atoms with Gasteiger partial charge in [0, 0.05) is 18.7 Å². The molecule has 0 radical (unpaired) electrons. The van der Waals surface area contributed by atoms with Crippen molar-refractivity contribution < 1.29 is 19.1 Å². The summed E-state index contributed by atoms with van der Waals surface area (Å²) in [6, 6.07) is 12.5. The number of piperidine rings is 1. The van der Waals surface area contributed by atoms with Crippen molar-refractivity contribution >= 4 is 11.9 Å². The number of halogens is 1. The van der Waals surface area contributed by atoms with Crippen LogP contribution in [0.1, 0.15) is 27.0 Å². The molecule has 1 amide bonds. The minimum absolute atomic E-state index is 0.0653. The van der Waals surface area contributed by atoms with Crippen LogP contribution in [0.15, 0.2) is 42.5 Å². The van der Waals surface area contributed by atoms with E-state index < -0.39 is 5.97 Å². The molecule has 1 saturated carbocycles. The smallest absolute Gasteiger partial charge is 0.307 e. The first-order valence-electron chi connectivity index (χ1n) is 8.80. The molecule has 1 aliphatic heterocycles. The Hall–Kier alpha value is -2.69. The highest BCUT2D eigenvalue weighted by Crippen LogP contribution is 2.52. The van der Waals surface area contributed by atoms with Crippen molar-refractivity contribution in [3.8, 4) is 0 Å². The Kier molecular flexibility index (Phi) is 4.02. The average molecular weight is 353 g/mol. The summed E-state index contributed by atoms with van der Waals surface area (Å²) in [5.74, 6) is -1.17. The Balaban J connectivity index is 1.52. The molecule has 0 bridgehead atoms. The Morgan fingerprint density at radius 2 is 1.85 bits per heavy atom. The van der Waals surface area contributed by atoms with Crippen molar-refractivity contribution in [2.24, 2.45) is 17.8 Å². The highest BCUT2D eigenvalue weighted by atomic mass is 19.1. The second-order valence-electron chi connectivity index (χ2n) is 7.32. The number of aryl methyl sites for hydroxylation is 1. The number of carboxylic acid groups (broad SMARTS) is 1. The Morgan fingerprint density at radius 1 is 1.15 bits per heavy atom. The first-order chi connectivity index (χ1) is 12.5. The fourth-order valence-corrected chi connectivity index (χ4v) is 4.08. The average Bonchev–Trinajstić information content (AvgIpc) is 3.13. The van der Waals surface area contributed by atoms with Gasteiger partial charge in [-0.25, -0.2) is 4.39 Å². The number of benzene rings is 2. The second-order valence-corrected chi connectivity index (χ2v) is 7.32. The van der Waals surface area contributed by atoms with Gasteiger partial charge in [-0.3, -0.25) is 9.59 Å². The van der Waals surface area contributed by atoms with Gasteiger partial charge in [0.25, 0.3) is 5.91 Å². The lowest BCUT2D eigenvalue weighted by Crippen LogP contribution is -2.33. The molecule has 3 atom stereocenters. The molecular formula is C21H20FNO3. The van der Waals surface area contributed by atoms with E-state index in [0.717, 1.165) is 11.1 Å². The number of carbonyl (C=O) groups excluding carboxylic acids is 1. The molecule has 1 aliphatic carbocycles. The highest BCUT2D eigenvalue weighted by Gasteiger charge is 2.60. The van der Waals surface area contributed by atoms with E-state index in [-0.39, 0.29) is 29.5 Å². The van der Waals surface area contributed by atoms with E-state index in [1.807, 2.05) is 24.3 Å². The highest BCUT2D eigenvalue weighted by molar-refractivity contribution is 5.96. The lowest BCUT2D eigenvalue weighted by atomic mass is 9.98. The topological polar surface area (TPSA) is 57.6 Å². The Bertz CT molecular complexity index is 883. The maximum absolute atomic E-state index is 13.8. The number of carboxylic acids is 1. The van der Waals surface area contributed by atoms with E-state index in [4.69, 9.17) is 5.11 Å². The van der Waals surface area contributed by atoms with Crippen molar-refractivity contribution in [2.75, 3.05) is 13.1 Å². The van der Waals surface area contributed by atoms with Crippen LogP contribution >= 0.6 is 0 Å². The predicted molar refractivity (Wildman–Crippen MR) is 94.4 cm³/mol. The lowest BCUT2D eigenvalue weighted by Gasteiger charge is -2.21. The fourth-order valence-electron chi connectivity index (χ4n) is 4.08. The van der Waals surface area contributed by atoms with E-state index in [1.54, 1.807) is 24.0 Å². The molecular weight excluding hydrogens is 333 g/mol. The molecule has 0 aromatic heterocycles. The van der Waals surface area contributed by atoms with Crippen LogP contribution in [0.5, 0.6) is 0 Å². The van der Waals surface area contributed by atoms with Crippen LogP contribution in [0.4, 0.5) is 4.39 Å². The molecule has 2 aliphatic rings. The standard InChI is InChI=1S/C21H20FNO3/c1-12-6-7-13(9-18(12)22)8-14-4-2-3-5-15(14)20(24)23-10-16-17(11-23)19(16)21(25)26/h2-7,9,16-17,19H,8,10-11H2,1H3,(H,25,26)/t16-,17+,19?. The third-order valence-electron chi connectivity index (χ3n) is 5.64. The van der Waals surface area contributed by atoms with Gasteiger partial charge < -0.3 is 10.0 Å². The summed E-state index contributed by atoms with van der Waals surface area (Å²) in [6.07, 6.45) is 0.484. The third-order valence-corrected chi connectivity index (χ3v) is 5.64. The van der Waals surface area contributed by atoms with Crippen molar-refractivity contribution in [1.82, 2.24) is 4.90 Å². The number of likely N-dealkylation sites (tertiary alicyclic amines) is 1. The van der Waals surface area contributed by atoms with Crippen molar-refractivity contribution in [3.05, 3.63) is 70.5 Å². The summed E-state index contributed by atoms with van der Waals surface area (Å²) in [7, 11) is 0. The van der Waals surface area contributed by atoms with E-state index in [0.29, 0.717) is 30.6 Å². The molecule has 1 saturated heterocycles. The molecule has 2 aromatic carbocycles. The molecule has 2 fully saturated rings. The number of amides is 1. The van der Waals surface area contributed by atoms with Crippen LogP contribution in [0.2, 0.25) is 0 Å². The maximum atomic E-state index is 13.8. The van der Waals surface area contributed by atoms with Crippen molar-refractivity contribution in [3.63, 3.8) is 0 Å². The van der Waals surface area contributed by atoms with E-state index in [1.165, 1.54) is 6.07 Å². The van der Waals surface area contributed by atoms with Gasteiger partial charge in [0.15, 0.2) is 0 Å². The minimum Gasteiger partial charge on any atom is -0.481 e. The number of fused-ring (bicyclic) bond motifs is 1. The zero-order chi connectivity index (χ0) is 18.4. The number of hydrogen-bond acceptors (Lipinski definition) is 2. The van der Waals surface area contributed by atoms with Crippen LogP contribution < -0.4 is 0 Å². The second kappa shape index (κ2) is 6.24.